The maximum Gasteiger partial charge on any atom is 0.407 e. The third-order valence-corrected chi connectivity index (χ3v) is 7.14. The van der Waals surface area contributed by atoms with Gasteiger partial charge in [0.2, 0.25) is 0 Å². The Kier molecular flexibility index (Phi) is 6.12. The number of fused-ring (bicyclic) bond motifs is 1. The van der Waals surface area contributed by atoms with E-state index in [0.29, 0.717) is 52.8 Å². The molecule has 0 spiro atoms. The number of amides is 1. The number of imidazole rings is 1. The van der Waals surface area contributed by atoms with Crippen molar-refractivity contribution in [3.63, 3.8) is 0 Å². The van der Waals surface area contributed by atoms with E-state index in [4.69, 9.17) is 15.1 Å². The molecule has 1 N–H and O–H groups in total. The Morgan fingerprint density at radius 2 is 2.03 bits per heavy atom. The highest BCUT2D eigenvalue weighted by Crippen LogP contribution is 2.36. The molecule has 4 aromatic rings. The van der Waals surface area contributed by atoms with Gasteiger partial charge in [-0.2, -0.15) is 14.9 Å². The van der Waals surface area contributed by atoms with Crippen LogP contribution in [0.3, 0.4) is 0 Å². The van der Waals surface area contributed by atoms with E-state index in [9.17, 15) is 19.6 Å². The molecular weight excluding hydrogens is 481 g/mol. The lowest BCUT2D eigenvalue weighted by Crippen LogP contribution is -2.33. The fraction of sp³-hybridized carbons (Fsp3) is 0.240. The van der Waals surface area contributed by atoms with Crippen LogP contribution in [0.2, 0.25) is 0 Å². The molecule has 0 fully saturated rings. The van der Waals surface area contributed by atoms with Gasteiger partial charge < -0.3 is 14.9 Å². The van der Waals surface area contributed by atoms with Gasteiger partial charge in [-0.25, -0.2) is 19.2 Å². The highest BCUT2D eigenvalue weighted by atomic mass is 32.1. The molecule has 36 heavy (non-hydrogen) atoms. The number of carbonyl (C=O) groups is 1. The second kappa shape index (κ2) is 9.39. The predicted molar refractivity (Wildman–Crippen MR) is 135 cm³/mol. The van der Waals surface area contributed by atoms with E-state index >= 15 is 0 Å². The highest BCUT2D eigenvalue weighted by molar-refractivity contribution is 7.16. The fourth-order valence-electron chi connectivity index (χ4n) is 4.21. The number of rotatable bonds is 5. The predicted octanol–water partition coefficient (Wildman–Crippen LogP) is 4.96. The van der Waals surface area contributed by atoms with Crippen molar-refractivity contribution in [2.24, 2.45) is 0 Å². The summed E-state index contributed by atoms with van der Waals surface area (Å²) in [5, 5.41) is 24.4. The van der Waals surface area contributed by atoms with Crippen molar-refractivity contribution in [2.75, 3.05) is 25.0 Å². The minimum absolute atomic E-state index is 0.323. The second-order valence-electron chi connectivity index (χ2n) is 8.28. The number of hydrogen-bond acceptors (Lipinski definition) is 7. The summed E-state index contributed by atoms with van der Waals surface area (Å²) in [5.41, 5.74) is 4.41. The van der Waals surface area contributed by atoms with Crippen LogP contribution in [0.5, 0.6) is 0 Å². The Labute approximate surface area is 210 Å². The first kappa shape index (κ1) is 23.4. The molecule has 1 aromatic carbocycles. The first-order chi connectivity index (χ1) is 17.4. The average molecular weight is 504 g/mol. The summed E-state index contributed by atoms with van der Waals surface area (Å²) >= 11 is 1.25. The van der Waals surface area contributed by atoms with Gasteiger partial charge in [0.05, 0.1) is 11.4 Å². The Morgan fingerprint density at radius 3 is 2.67 bits per heavy atom. The van der Waals surface area contributed by atoms with Gasteiger partial charge in [-0.05, 0) is 54.8 Å². The molecule has 182 valence electrons. The van der Waals surface area contributed by atoms with E-state index in [1.165, 1.54) is 28.4 Å². The molecule has 11 heteroatoms. The van der Waals surface area contributed by atoms with Crippen LogP contribution in [0.1, 0.15) is 29.6 Å². The second-order valence-corrected chi connectivity index (χ2v) is 9.26. The van der Waals surface area contributed by atoms with Gasteiger partial charge in [-0.1, -0.05) is 24.3 Å². The molecule has 0 saturated heterocycles. The van der Waals surface area contributed by atoms with Gasteiger partial charge in [-0.15, -0.1) is 0 Å². The molecule has 9 nitrogen and oxygen atoms in total. The summed E-state index contributed by atoms with van der Waals surface area (Å²) in [7, 11) is 1.86. The summed E-state index contributed by atoms with van der Waals surface area (Å²) in [6.07, 6.45) is 2.20. The van der Waals surface area contributed by atoms with E-state index in [2.05, 4.69) is 6.07 Å². The number of hydrogen-bond donors (Lipinski definition) is 1. The van der Waals surface area contributed by atoms with Crippen LogP contribution in [0.4, 0.5) is 20.1 Å². The van der Waals surface area contributed by atoms with Crippen LogP contribution in [-0.4, -0.2) is 55.8 Å². The van der Waals surface area contributed by atoms with Crippen LogP contribution in [0.15, 0.2) is 42.5 Å². The molecule has 1 aliphatic rings. The number of benzene rings is 1. The summed E-state index contributed by atoms with van der Waals surface area (Å²) in [6.45, 7) is 2.75. The van der Waals surface area contributed by atoms with Crippen molar-refractivity contribution in [1.82, 2.24) is 24.5 Å². The molecule has 0 bridgehead atoms. The van der Waals surface area contributed by atoms with Crippen LogP contribution >= 0.6 is 11.3 Å². The van der Waals surface area contributed by atoms with Crippen LogP contribution in [0, 0.1) is 17.1 Å². The van der Waals surface area contributed by atoms with Gasteiger partial charge in [0.25, 0.3) is 0 Å². The fourth-order valence-corrected chi connectivity index (χ4v) is 5.06. The maximum atomic E-state index is 13.4. The molecule has 0 unspecified atom stereocenters. The molecule has 0 radical (unpaired) electrons. The number of aromatic nitrogens is 4. The zero-order valence-corrected chi connectivity index (χ0v) is 20.5. The normalized spacial score (nSPS) is 13.5. The van der Waals surface area contributed by atoms with E-state index in [0.717, 1.165) is 22.8 Å². The van der Waals surface area contributed by atoms with Gasteiger partial charge in [0.1, 0.15) is 22.5 Å². The van der Waals surface area contributed by atoms with E-state index in [1.54, 1.807) is 16.6 Å². The number of thiazole rings is 1. The summed E-state index contributed by atoms with van der Waals surface area (Å²) in [6, 6.07) is 11.9. The van der Waals surface area contributed by atoms with E-state index in [-0.39, 0.29) is 5.82 Å². The molecular formula is C25H22FN7O2S. The van der Waals surface area contributed by atoms with Gasteiger partial charge in [0, 0.05) is 25.7 Å². The number of carboxylic acid groups (broad SMARTS) is 1. The quantitative estimate of drug-likeness (QED) is 0.410. The van der Waals surface area contributed by atoms with Crippen LogP contribution in [0.25, 0.3) is 22.5 Å². The Hall–Kier alpha value is -4.30. The summed E-state index contributed by atoms with van der Waals surface area (Å²) in [4.78, 5) is 24.4. The Balaban J connectivity index is 1.56. The molecule has 0 aliphatic carbocycles. The minimum Gasteiger partial charge on any atom is -0.465 e. The van der Waals surface area contributed by atoms with E-state index < -0.39 is 6.09 Å². The summed E-state index contributed by atoms with van der Waals surface area (Å²) < 4.78 is 15.2. The molecule has 0 saturated carbocycles. The van der Waals surface area contributed by atoms with Gasteiger partial charge in [-0.3, -0.25) is 0 Å². The van der Waals surface area contributed by atoms with Crippen molar-refractivity contribution in [2.45, 2.75) is 19.8 Å². The first-order valence-corrected chi connectivity index (χ1v) is 12.2. The Bertz CT molecular complexity index is 1530. The lowest BCUT2D eigenvalue weighted by molar-refractivity contribution is 0.150. The minimum atomic E-state index is -0.931. The highest BCUT2D eigenvalue weighted by Gasteiger charge is 2.24. The maximum absolute atomic E-state index is 13.4. The molecule has 5 rings (SSSR count). The van der Waals surface area contributed by atoms with Crippen molar-refractivity contribution < 1.29 is 14.3 Å². The number of anilines is 2. The van der Waals surface area contributed by atoms with Gasteiger partial charge >= 0.3 is 6.09 Å². The Morgan fingerprint density at radius 1 is 1.25 bits per heavy atom. The van der Waals surface area contributed by atoms with Crippen molar-refractivity contribution >= 4 is 39.6 Å². The molecule has 3 aromatic heterocycles. The number of nitrogens with zero attached hydrogens (tertiary/aromatic N) is 7. The van der Waals surface area contributed by atoms with Crippen molar-refractivity contribution in [3.8, 4) is 17.3 Å². The zero-order chi connectivity index (χ0) is 25.4. The smallest absolute Gasteiger partial charge is 0.407 e. The average Bonchev–Trinajstić information content (AvgIpc) is 3.50. The molecule has 4 heterocycles. The van der Waals surface area contributed by atoms with Gasteiger partial charge in [0.15, 0.2) is 16.6 Å². The molecule has 1 aliphatic heterocycles. The molecule has 0 atom stereocenters. The lowest BCUT2D eigenvalue weighted by Gasteiger charge is -2.23. The number of nitriles is 1. The zero-order valence-electron chi connectivity index (χ0n) is 19.6. The largest absolute Gasteiger partial charge is 0.465 e. The van der Waals surface area contributed by atoms with Crippen molar-refractivity contribution in [1.29, 1.82) is 5.26 Å². The monoisotopic (exact) mass is 503 g/mol. The molecule has 1 amide bonds. The summed E-state index contributed by atoms with van der Waals surface area (Å²) in [5.74, 6) is 0.385. The third kappa shape index (κ3) is 4.16. The van der Waals surface area contributed by atoms with Crippen LogP contribution < -0.4 is 4.90 Å². The number of halogens is 1. The van der Waals surface area contributed by atoms with E-state index in [1.807, 2.05) is 37.1 Å². The SMILES string of the molecule is CCc1nc2ccc(C3=CCN(C(=O)O)CC3)nn2c1N(C)c1nc(-c2ccc(F)cc2)c(C#N)s1. The first-order valence-electron chi connectivity index (χ1n) is 11.4. The lowest BCUT2D eigenvalue weighted by atomic mass is 10.1. The standard InChI is InChI=1S/C25H22FN7O2S/c1-3-18-23(31(2)24-29-22(20(14-27)36-24)16-4-6-17(26)7-5-16)33-21(28-18)9-8-19(30-33)15-10-12-32(13-11-15)25(34)35/h4-10H,3,11-13H2,1-2H3,(H,34,35). The van der Waals surface area contributed by atoms with Crippen molar-refractivity contribution in [3.05, 3.63) is 64.6 Å². The third-order valence-electron chi connectivity index (χ3n) is 6.11. The van der Waals surface area contributed by atoms with Crippen LogP contribution in [-0.2, 0) is 6.42 Å². The topological polar surface area (TPSA) is 111 Å². The number of aryl methyl sites for hydroxylation is 1.